The maximum atomic E-state index is 12.2. The Bertz CT molecular complexity index is 713. The van der Waals surface area contributed by atoms with E-state index >= 15 is 0 Å². The molecule has 1 saturated carbocycles. The van der Waals surface area contributed by atoms with Crippen LogP contribution >= 0.6 is 0 Å². The molecule has 1 aromatic carbocycles. The molecular formula is C17H20N4O2. The predicted molar refractivity (Wildman–Crippen MR) is 88.2 cm³/mol. The summed E-state index contributed by atoms with van der Waals surface area (Å²) in [6.45, 7) is 4.35. The molecule has 2 N–H and O–H groups in total. The van der Waals surface area contributed by atoms with E-state index in [4.69, 9.17) is 4.74 Å². The van der Waals surface area contributed by atoms with Crippen LogP contribution in [0.3, 0.4) is 0 Å². The number of anilines is 2. The van der Waals surface area contributed by atoms with E-state index in [1.165, 1.54) is 0 Å². The maximum Gasteiger partial charge on any atom is 0.270 e. The number of carbonyl (C=O) groups is 1. The topological polar surface area (TPSA) is 76.1 Å². The molecule has 120 valence electrons. The van der Waals surface area contributed by atoms with Crippen molar-refractivity contribution in [1.29, 1.82) is 0 Å². The number of ether oxygens (including phenoxy) is 1. The molecule has 0 atom stereocenters. The van der Waals surface area contributed by atoms with E-state index in [1.54, 1.807) is 6.07 Å². The predicted octanol–water partition coefficient (Wildman–Crippen LogP) is 2.82. The summed E-state index contributed by atoms with van der Waals surface area (Å²) in [5.74, 6) is 0.960. The van der Waals surface area contributed by atoms with Gasteiger partial charge in [0.25, 0.3) is 5.91 Å². The van der Waals surface area contributed by atoms with E-state index in [-0.39, 0.29) is 5.91 Å². The molecule has 1 heterocycles. The van der Waals surface area contributed by atoms with Gasteiger partial charge in [0.2, 0.25) is 5.95 Å². The highest BCUT2D eigenvalue weighted by Gasteiger charge is 2.24. The number of amides is 1. The number of carbonyl (C=O) groups excluding carboxylic acids is 1. The first-order valence-corrected chi connectivity index (χ1v) is 7.81. The molecule has 6 heteroatoms. The van der Waals surface area contributed by atoms with Gasteiger partial charge >= 0.3 is 0 Å². The van der Waals surface area contributed by atoms with E-state index < -0.39 is 0 Å². The van der Waals surface area contributed by atoms with Crippen molar-refractivity contribution in [2.45, 2.75) is 32.7 Å². The van der Waals surface area contributed by atoms with Crippen LogP contribution in [0.15, 0.2) is 30.3 Å². The number of nitrogens with one attached hydrogen (secondary N) is 2. The average Bonchev–Trinajstić information content (AvgIpc) is 3.33. The minimum atomic E-state index is -0.154. The van der Waals surface area contributed by atoms with E-state index in [0.29, 0.717) is 24.3 Å². The summed E-state index contributed by atoms with van der Waals surface area (Å²) in [4.78, 5) is 20.8. The maximum absolute atomic E-state index is 12.2. The highest BCUT2D eigenvalue weighted by atomic mass is 16.5. The van der Waals surface area contributed by atoms with Crippen molar-refractivity contribution in [2.24, 2.45) is 0 Å². The van der Waals surface area contributed by atoms with Gasteiger partial charge in [-0.25, -0.2) is 9.97 Å². The van der Waals surface area contributed by atoms with Gasteiger partial charge in [-0.15, -0.1) is 0 Å². The van der Waals surface area contributed by atoms with Crippen LogP contribution < -0.4 is 15.4 Å². The second kappa shape index (κ2) is 6.64. The van der Waals surface area contributed by atoms with Crippen molar-refractivity contribution in [2.75, 3.05) is 11.9 Å². The van der Waals surface area contributed by atoms with Gasteiger partial charge in [-0.05, 0) is 44.9 Å². The molecule has 6 nitrogen and oxygen atoms in total. The van der Waals surface area contributed by atoms with Crippen LogP contribution in [-0.2, 0) is 0 Å². The SMILES string of the molecule is CCOc1ccccc1Nc1nc(C)cc(C(=O)NC2CC2)n1. The molecule has 2 aromatic rings. The van der Waals surface area contributed by atoms with E-state index in [9.17, 15) is 4.79 Å². The average molecular weight is 312 g/mol. The zero-order valence-electron chi connectivity index (χ0n) is 13.3. The van der Waals surface area contributed by atoms with E-state index in [1.807, 2.05) is 38.1 Å². The largest absolute Gasteiger partial charge is 0.492 e. The third kappa shape index (κ3) is 3.97. The Morgan fingerprint density at radius 2 is 2.09 bits per heavy atom. The van der Waals surface area contributed by atoms with Crippen LogP contribution in [0, 0.1) is 6.92 Å². The lowest BCUT2D eigenvalue weighted by atomic mass is 10.3. The summed E-state index contributed by atoms with van der Waals surface area (Å²) in [6.07, 6.45) is 2.09. The number of rotatable bonds is 6. The van der Waals surface area contributed by atoms with Gasteiger partial charge in [0.15, 0.2) is 0 Å². The van der Waals surface area contributed by atoms with Gasteiger partial charge in [0.05, 0.1) is 12.3 Å². The second-order valence-corrected chi connectivity index (χ2v) is 5.52. The molecule has 0 saturated heterocycles. The number of aryl methyl sites for hydroxylation is 1. The van der Waals surface area contributed by atoms with Crippen LogP contribution in [0.2, 0.25) is 0 Å². The van der Waals surface area contributed by atoms with Crippen molar-refractivity contribution in [1.82, 2.24) is 15.3 Å². The molecule has 1 fully saturated rings. The zero-order chi connectivity index (χ0) is 16.2. The van der Waals surface area contributed by atoms with Gasteiger partial charge in [-0.2, -0.15) is 0 Å². The quantitative estimate of drug-likeness (QED) is 0.858. The first-order valence-electron chi connectivity index (χ1n) is 7.81. The molecule has 3 rings (SSSR count). The molecule has 23 heavy (non-hydrogen) atoms. The van der Waals surface area contributed by atoms with Crippen LogP contribution in [0.1, 0.15) is 35.9 Å². The number of hydrogen-bond acceptors (Lipinski definition) is 5. The Morgan fingerprint density at radius 1 is 1.30 bits per heavy atom. The standard InChI is InChI=1S/C17H20N4O2/c1-3-23-15-7-5-4-6-13(15)20-17-18-11(2)10-14(21-17)16(22)19-12-8-9-12/h4-7,10,12H,3,8-9H2,1-2H3,(H,19,22)(H,18,20,21). The number of nitrogens with zero attached hydrogens (tertiary/aromatic N) is 2. The molecule has 0 spiro atoms. The fourth-order valence-electron chi connectivity index (χ4n) is 2.20. The summed E-state index contributed by atoms with van der Waals surface area (Å²) in [5.41, 5.74) is 1.88. The van der Waals surface area contributed by atoms with Gasteiger partial charge < -0.3 is 15.4 Å². The highest BCUT2D eigenvalue weighted by Crippen LogP contribution is 2.26. The van der Waals surface area contributed by atoms with Crippen molar-refractivity contribution in [3.63, 3.8) is 0 Å². The summed E-state index contributed by atoms with van der Waals surface area (Å²) >= 11 is 0. The lowest BCUT2D eigenvalue weighted by molar-refractivity contribution is 0.0946. The summed E-state index contributed by atoms with van der Waals surface area (Å²) in [5, 5.41) is 6.07. The fraction of sp³-hybridized carbons (Fsp3) is 0.353. The molecule has 0 radical (unpaired) electrons. The number of aromatic nitrogens is 2. The molecule has 1 aliphatic carbocycles. The normalized spacial score (nSPS) is 13.5. The third-order valence-corrected chi connectivity index (χ3v) is 3.43. The number of hydrogen-bond donors (Lipinski definition) is 2. The third-order valence-electron chi connectivity index (χ3n) is 3.43. The molecular weight excluding hydrogens is 292 g/mol. The highest BCUT2D eigenvalue weighted by molar-refractivity contribution is 5.93. The molecule has 0 bridgehead atoms. The molecule has 1 aliphatic rings. The van der Waals surface area contributed by atoms with Crippen molar-refractivity contribution in [3.8, 4) is 5.75 Å². The molecule has 1 aromatic heterocycles. The number of para-hydroxylation sites is 2. The van der Waals surface area contributed by atoms with Crippen molar-refractivity contribution < 1.29 is 9.53 Å². The Hall–Kier alpha value is -2.63. The van der Waals surface area contributed by atoms with Crippen molar-refractivity contribution in [3.05, 3.63) is 41.7 Å². The molecule has 1 amide bonds. The Balaban J connectivity index is 1.82. The smallest absolute Gasteiger partial charge is 0.270 e. The van der Waals surface area contributed by atoms with Crippen molar-refractivity contribution >= 4 is 17.5 Å². The lowest BCUT2D eigenvalue weighted by Gasteiger charge is -2.12. The van der Waals surface area contributed by atoms with Gasteiger partial charge in [-0.1, -0.05) is 12.1 Å². The fourth-order valence-corrected chi connectivity index (χ4v) is 2.20. The Morgan fingerprint density at radius 3 is 2.83 bits per heavy atom. The van der Waals surface area contributed by atoms with Crippen LogP contribution in [0.4, 0.5) is 11.6 Å². The first-order chi connectivity index (χ1) is 11.2. The van der Waals surface area contributed by atoms with E-state index in [0.717, 1.165) is 30.0 Å². The minimum Gasteiger partial charge on any atom is -0.492 e. The Kier molecular flexibility index (Phi) is 4.41. The van der Waals surface area contributed by atoms with Gasteiger partial charge in [0.1, 0.15) is 11.4 Å². The van der Waals surface area contributed by atoms with Gasteiger partial charge in [0, 0.05) is 11.7 Å². The molecule has 0 aliphatic heterocycles. The van der Waals surface area contributed by atoms with Crippen LogP contribution in [0.25, 0.3) is 0 Å². The summed E-state index contributed by atoms with van der Waals surface area (Å²) < 4.78 is 5.58. The minimum absolute atomic E-state index is 0.154. The number of benzene rings is 1. The van der Waals surface area contributed by atoms with Crippen LogP contribution in [-0.4, -0.2) is 28.5 Å². The first kappa shape index (κ1) is 15.3. The van der Waals surface area contributed by atoms with E-state index in [2.05, 4.69) is 20.6 Å². The lowest BCUT2D eigenvalue weighted by Crippen LogP contribution is -2.26. The summed E-state index contributed by atoms with van der Waals surface area (Å²) in [6, 6.07) is 9.57. The molecule has 0 unspecified atom stereocenters. The monoisotopic (exact) mass is 312 g/mol. The van der Waals surface area contributed by atoms with Crippen LogP contribution in [0.5, 0.6) is 5.75 Å². The second-order valence-electron chi connectivity index (χ2n) is 5.52. The summed E-state index contributed by atoms with van der Waals surface area (Å²) in [7, 11) is 0. The Labute approximate surface area is 135 Å². The van der Waals surface area contributed by atoms with Gasteiger partial charge in [-0.3, -0.25) is 4.79 Å². The zero-order valence-corrected chi connectivity index (χ0v) is 13.3.